The molecule has 1 aromatic carbocycles. The van der Waals surface area contributed by atoms with Crippen molar-refractivity contribution >= 4 is 23.2 Å². The number of unbranched alkanes of at least 4 members (excludes halogenated alkanes) is 2. The number of carbonyl (C=O) groups excluding carboxylic acids is 2. The van der Waals surface area contributed by atoms with Gasteiger partial charge in [0.05, 0.1) is 30.7 Å². The fourth-order valence-corrected chi connectivity index (χ4v) is 3.10. The molecule has 7 heteroatoms. The minimum atomic E-state index is -0.650. The van der Waals surface area contributed by atoms with Crippen LogP contribution in [-0.4, -0.2) is 42.5 Å². The van der Waals surface area contributed by atoms with Gasteiger partial charge < -0.3 is 20.3 Å². The number of benzene rings is 1. The van der Waals surface area contributed by atoms with Crippen molar-refractivity contribution in [3.05, 3.63) is 48.8 Å². The first-order valence-electron chi connectivity index (χ1n) is 9.65. The fraction of sp³-hybridized carbons (Fsp3) is 0.381. The Bertz CT molecular complexity index is 797. The monoisotopic (exact) mass is 382 g/mol. The van der Waals surface area contributed by atoms with E-state index >= 15 is 0 Å². The highest BCUT2D eigenvalue weighted by molar-refractivity contribution is 5.94. The van der Waals surface area contributed by atoms with Crippen LogP contribution in [0, 0.1) is 0 Å². The topological polar surface area (TPSA) is 83.6 Å². The van der Waals surface area contributed by atoms with Gasteiger partial charge in [-0.3, -0.25) is 14.6 Å². The molecule has 0 saturated heterocycles. The molecule has 28 heavy (non-hydrogen) atoms. The fourth-order valence-electron chi connectivity index (χ4n) is 3.10. The van der Waals surface area contributed by atoms with E-state index in [0.29, 0.717) is 24.5 Å². The Morgan fingerprint density at radius 2 is 2.07 bits per heavy atom. The van der Waals surface area contributed by atoms with Crippen molar-refractivity contribution in [3.63, 3.8) is 0 Å². The summed E-state index contributed by atoms with van der Waals surface area (Å²) in [6.45, 7) is 3.19. The summed E-state index contributed by atoms with van der Waals surface area (Å²) < 4.78 is 5.89. The van der Waals surface area contributed by atoms with Gasteiger partial charge in [0.1, 0.15) is 5.75 Å². The second-order valence-electron chi connectivity index (χ2n) is 6.74. The highest BCUT2D eigenvalue weighted by Crippen LogP contribution is 2.33. The van der Waals surface area contributed by atoms with Crippen LogP contribution in [0.15, 0.2) is 48.8 Å². The maximum absolute atomic E-state index is 12.5. The zero-order valence-corrected chi connectivity index (χ0v) is 16.1. The Kier molecular flexibility index (Phi) is 6.84. The van der Waals surface area contributed by atoms with Crippen molar-refractivity contribution < 1.29 is 14.3 Å². The molecule has 1 atom stereocenters. The molecule has 0 aliphatic carbocycles. The number of fused-ring (bicyclic) bond motifs is 1. The average Bonchev–Trinajstić information content (AvgIpc) is 2.71. The summed E-state index contributed by atoms with van der Waals surface area (Å²) in [6.07, 6.45) is 5.72. The van der Waals surface area contributed by atoms with E-state index in [1.807, 2.05) is 29.2 Å². The lowest BCUT2D eigenvalue weighted by Crippen LogP contribution is -2.50. The van der Waals surface area contributed by atoms with E-state index in [1.165, 1.54) is 0 Å². The number of para-hydroxylation sites is 2. The van der Waals surface area contributed by atoms with Gasteiger partial charge in [0.2, 0.25) is 5.91 Å². The minimum Gasteiger partial charge on any atom is -0.477 e. The lowest BCUT2D eigenvalue weighted by atomic mass is 10.1. The largest absolute Gasteiger partial charge is 0.477 e. The third-order valence-electron chi connectivity index (χ3n) is 4.51. The highest BCUT2D eigenvalue weighted by Gasteiger charge is 2.31. The zero-order valence-electron chi connectivity index (χ0n) is 16.1. The quantitative estimate of drug-likeness (QED) is 0.686. The van der Waals surface area contributed by atoms with Gasteiger partial charge in [0.15, 0.2) is 6.10 Å². The number of anilines is 2. The van der Waals surface area contributed by atoms with E-state index in [2.05, 4.69) is 22.5 Å². The molecular weight excluding hydrogens is 356 g/mol. The lowest BCUT2D eigenvalue weighted by molar-refractivity contribution is -0.128. The Morgan fingerprint density at radius 3 is 2.86 bits per heavy atom. The first-order valence-corrected chi connectivity index (χ1v) is 9.65. The van der Waals surface area contributed by atoms with Gasteiger partial charge in [-0.15, -0.1) is 0 Å². The number of nitrogens with one attached hydrogen (secondary N) is 2. The maximum Gasteiger partial charge on any atom is 0.262 e. The van der Waals surface area contributed by atoms with Gasteiger partial charge >= 0.3 is 0 Å². The molecule has 1 aromatic heterocycles. The van der Waals surface area contributed by atoms with Crippen molar-refractivity contribution in [2.24, 2.45) is 0 Å². The summed E-state index contributed by atoms with van der Waals surface area (Å²) in [5.74, 6) is 0.284. The van der Waals surface area contributed by atoms with E-state index in [-0.39, 0.29) is 18.4 Å². The number of nitrogens with zero attached hydrogens (tertiary/aromatic N) is 2. The summed E-state index contributed by atoms with van der Waals surface area (Å²) in [5.41, 5.74) is 1.44. The normalized spacial score (nSPS) is 15.3. The van der Waals surface area contributed by atoms with Crippen LogP contribution in [0.4, 0.5) is 11.4 Å². The molecule has 2 N–H and O–H groups in total. The van der Waals surface area contributed by atoms with Crippen LogP contribution < -0.4 is 20.3 Å². The van der Waals surface area contributed by atoms with Gasteiger partial charge in [-0.05, 0) is 30.7 Å². The highest BCUT2D eigenvalue weighted by atomic mass is 16.5. The van der Waals surface area contributed by atoms with Gasteiger partial charge in [0.25, 0.3) is 5.91 Å². The SMILES string of the molecule is CCCCCNC(=O)C1CN(CC(=O)Nc2cccnc2)c2ccccc2O1. The number of ether oxygens (including phenoxy) is 1. The molecule has 1 aliphatic heterocycles. The first-order chi connectivity index (χ1) is 13.7. The molecule has 0 fully saturated rings. The van der Waals surface area contributed by atoms with Crippen LogP contribution in [0.1, 0.15) is 26.2 Å². The van der Waals surface area contributed by atoms with Gasteiger partial charge in [-0.25, -0.2) is 0 Å². The second kappa shape index (κ2) is 9.73. The van der Waals surface area contributed by atoms with E-state index in [0.717, 1.165) is 24.9 Å². The van der Waals surface area contributed by atoms with Crippen molar-refractivity contribution in [3.8, 4) is 5.75 Å². The van der Waals surface area contributed by atoms with Crippen LogP contribution in [0.3, 0.4) is 0 Å². The zero-order chi connectivity index (χ0) is 19.8. The van der Waals surface area contributed by atoms with Crippen LogP contribution >= 0.6 is 0 Å². The van der Waals surface area contributed by atoms with Crippen molar-refractivity contribution in [1.29, 1.82) is 0 Å². The van der Waals surface area contributed by atoms with E-state index in [9.17, 15) is 9.59 Å². The molecule has 3 rings (SSSR count). The minimum absolute atomic E-state index is 0.120. The lowest BCUT2D eigenvalue weighted by Gasteiger charge is -2.35. The summed E-state index contributed by atoms with van der Waals surface area (Å²) in [4.78, 5) is 30.9. The summed E-state index contributed by atoms with van der Waals surface area (Å²) in [7, 11) is 0. The van der Waals surface area contributed by atoms with E-state index in [4.69, 9.17) is 4.74 Å². The molecule has 0 bridgehead atoms. The molecule has 2 heterocycles. The molecule has 7 nitrogen and oxygen atoms in total. The van der Waals surface area contributed by atoms with Crippen molar-refractivity contribution in [2.45, 2.75) is 32.3 Å². The molecule has 1 aliphatic rings. The molecule has 2 amide bonds. The van der Waals surface area contributed by atoms with E-state index < -0.39 is 6.10 Å². The van der Waals surface area contributed by atoms with E-state index in [1.54, 1.807) is 24.5 Å². The standard InChI is InChI=1S/C21H26N4O3/c1-2-3-6-12-23-21(27)19-14-25(17-9-4-5-10-18(17)28-19)15-20(26)24-16-8-7-11-22-13-16/h4-5,7-11,13,19H,2-3,6,12,14-15H2,1H3,(H,23,27)(H,24,26). The van der Waals surface area contributed by atoms with Crippen LogP contribution in [0.5, 0.6) is 5.75 Å². The van der Waals surface area contributed by atoms with Gasteiger partial charge in [0, 0.05) is 12.7 Å². The van der Waals surface area contributed by atoms with Gasteiger partial charge in [-0.1, -0.05) is 31.9 Å². The first kappa shape index (κ1) is 19.7. The summed E-state index contributed by atoms with van der Waals surface area (Å²) in [5, 5.41) is 5.76. The Hall–Kier alpha value is -3.09. The predicted octanol–water partition coefficient (Wildman–Crippen LogP) is 2.59. The molecule has 0 spiro atoms. The summed E-state index contributed by atoms with van der Waals surface area (Å²) in [6, 6.07) is 11.0. The third-order valence-corrected chi connectivity index (χ3v) is 4.51. The number of amides is 2. The van der Waals surface area contributed by atoms with Gasteiger partial charge in [-0.2, -0.15) is 0 Å². The number of aromatic nitrogens is 1. The molecule has 0 radical (unpaired) electrons. The third kappa shape index (κ3) is 5.22. The molecule has 148 valence electrons. The maximum atomic E-state index is 12.5. The van der Waals surface area contributed by atoms with Crippen LogP contribution in [0.2, 0.25) is 0 Å². The van der Waals surface area contributed by atoms with Crippen LogP contribution in [0.25, 0.3) is 0 Å². The average molecular weight is 382 g/mol. The number of hydrogen-bond donors (Lipinski definition) is 2. The Labute approximate surface area is 165 Å². The number of pyridine rings is 1. The Morgan fingerprint density at radius 1 is 1.21 bits per heavy atom. The summed E-state index contributed by atoms with van der Waals surface area (Å²) >= 11 is 0. The Balaban J connectivity index is 1.65. The second-order valence-corrected chi connectivity index (χ2v) is 6.74. The molecule has 1 unspecified atom stereocenters. The number of carbonyl (C=O) groups is 2. The number of hydrogen-bond acceptors (Lipinski definition) is 5. The molecule has 0 saturated carbocycles. The van der Waals surface area contributed by atoms with Crippen molar-refractivity contribution in [1.82, 2.24) is 10.3 Å². The molecule has 2 aromatic rings. The number of rotatable bonds is 8. The predicted molar refractivity (Wildman–Crippen MR) is 108 cm³/mol. The van der Waals surface area contributed by atoms with Crippen molar-refractivity contribution in [2.75, 3.05) is 29.9 Å². The smallest absolute Gasteiger partial charge is 0.262 e. The van der Waals surface area contributed by atoms with Crippen LogP contribution in [-0.2, 0) is 9.59 Å². The molecular formula is C21H26N4O3.